The van der Waals surface area contributed by atoms with E-state index in [0.717, 1.165) is 16.9 Å². The van der Waals surface area contributed by atoms with E-state index in [2.05, 4.69) is 0 Å². The first-order valence-electron chi connectivity index (χ1n) is 7.75. The number of hydrogen-bond donors (Lipinski definition) is 1. The molecule has 0 saturated heterocycles. The quantitative estimate of drug-likeness (QED) is 0.742. The summed E-state index contributed by atoms with van der Waals surface area (Å²) in [7, 11) is -3.63. The smallest absolute Gasteiger partial charge is 0.206 e. The zero-order valence-corrected chi connectivity index (χ0v) is 14.7. The predicted molar refractivity (Wildman–Crippen MR) is 96.0 cm³/mol. The molecule has 0 atom stereocenters. The van der Waals surface area contributed by atoms with Crippen LogP contribution in [0.25, 0.3) is 0 Å². The Morgan fingerprint density at radius 1 is 0.800 bits per heavy atom. The number of benzene rings is 3. The Labute approximate surface area is 147 Å². The Morgan fingerprint density at radius 3 is 1.96 bits per heavy atom. The molecule has 128 valence electrons. The van der Waals surface area contributed by atoms with Gasteiger partial charge >= 0.3 is 0 Å². The van der Waals surface area contributed by atoms with Gasteiger partial charge in [0, 0.05) is 0 Å². The van der Waals surface area contributed by atoms with Gasteiger partial charge in [-0.15, -0.1) is 0 Å². The van der Waals surface area contributed by atoms with Gasteiger partial charge < -0.3 is 9.84 Å². The molecule has 0 fully saturated rings. The SMILES string of the molecule is Cc1ccc(C)c(Oc2ccc(S(=O)(=O)c3ccc(O)cc3)cc2)c1. The van der Waals surface area contributed by atoms with Crippen molar-refractivity contribution >= 4 is 9.84 Å². The van der Waals surface area contributed by atoms with Crippen LogP contribution in [0.3, 0.4) is 0 Å². The second-order valence-electron chi connectivity index (χ2n) is 5.84. The van der Waals surface area contributed by atoms with Gasteiger partial charge in [-0.25, -0.2) is 8.42 Å². The summed E-state index contributed by atoms with van der Waals surface area (Å²) >= 11 is 0. The second kappa shape index (κ2) is 6.61. The first kappa shape index (κ1) is 17.0. The van der Waals surface area contributed by atoms with Crippen molar-refractivity contribution in [3.05, 3.63) is 77.9 Å². The maximum absolute atomic E-state index is 12.6. The Kier molecular flexibility index (Phi) is 4.51. The van der Waals surface area contributed by atoms with Gasteiger partial charge in [-0.3, -0.25) is 0 Å². The first-order valence-corrected chi connectivity index (χ1v) is 9.24. The normalized spacial score (nSPS) is 11.3. The number of phenols is 1. The number of rotatable bonds is 4. The third-order valence-corrected chi connectivity index (χ3v) is 5.64. The van der Waals surface area contributed by atoms with Crippen LogP contribution in [0, 0.1) is 13.8 Å². The zero-order chi connectivity index (χ0) is 18.0. The summed E-state index contributed by atoms with van der Waals surface area (Å²) in [6, 6.07) is 17.7. The van der Waals surface area contributed by atoms with Gasteiger partial charge in [-0.2, -0.15) is 0 Å². The van der Waals surface area contributed by atoms with Gasteiger partial charge in [0.25, 0.3) is 0 Å². The number of aromatic hydroxyl groups is 1. The maximum atomic E-state index is 12.6. The lowest BCUT2D eigenvalue weighted by atomic mass is 10.1. The molecule has 0 amide bonds. The number of aryl methyl sites for hydroxylation is 2. The van der Waals surface area contributed by atoms with Gasteiger partial charge in [0.2, 0.25) is 9.84 Å². The minimum absolute atomic E-state index is 0.0243. The molecule has 25 heavy (non-hydrogen) atoms. The predicted octanol–water partition coefficient (Wildman–Crippen LogP) is 4.63. The van der Waals surface area contributed by atoms with E-state index in [9.17, 15) is 13.5 Å². The standard InChI is InChI=1S/C20H18O4S/c1-14-3-4-15(2)20(13-14)24-17-7-11-19(12-8-17)25(22,23)18-9-5-16(21)6-10-18/h3-13,21H,1-2H3. The van der Waals surface area contributed by atoms with Crippen LogP contribution >= 0.6 is 0 Å². The average Bonchev–Trinajstić information content (AvgIpc) is 2.59. The summed E-state index contributed by atoms with van der Waals surface area (Å²) in [5.74, 6) is 1.34. The molecule has 0 aliphatic carbocycles. The van der Waals surface area contributed by atoms with Gasteiger partial charge in [-0.05, 0) is 79.6 Å². The van der Waals surface area contributed by atoms with Crippen molar-refractivity contribution in [2.24, 2.45) is 0 Å². The summed E-state index contributed by atoms with van der Waals surface area (Å²) in [4.78, 5) is 0.306. The van der Waals surface area contributed by atoms with Gasteiger partial charge in [0.1, 0.15) is 17.2 Å². The van der Waals surface area contributed by atoms with Crippen LogP contribution < -0.4 is 4.74 Å². The average molecular weight is 354 g/mol. The van der Waals surface area contributed by atoms with Crippen molar-refractivity contribution in [2.45, 2.75) is 23.6 Å². The van der Waals surface area contributed by atoms with Crippen LogP contribution in [-0.2, 0) is 9.84 Å². The molecule has 0 spiro atoms. The molecule has 0 bridgehead atoms. The van der Waals surface area contributed by atoms with Gasteiger partial charge in [-0.1, -0.05) is 12.1 Å². The molecule has 0 aliphatic heterocycles. The number of phenolic OH excluding ortho intramolecular Hbond substituents is 1. The van der Waals surface area contributed by atoms with Crippen LogP contribution in [0.1, 0.15) is 11.1 Å². The largest absolute Gasteiger partial charge is 0.508 e. The van der Waals surface area contributed by atoms with E-state index in [4.69, 9.17) is 4.74 Å². The maximum Gasteiger partial charge on any atom is 0.206 e. The summed E-state index contributed by atoms with van der Waals surface area (Å²) in [6.45, 7) is 3.94. The molecular formula is C20H18O4S. The first-order chi connectivity index (χ1) is 11.9. The Balaban J connectivity index is 1.87. The van der Waals surface area contributed by atoms with Gasteiger partial charge in [0.05, 0.1) is 9.79 Å². The fourth-order valence-corrected chi connectivity index (χ4v) is 3.65. The van der Waals surface area contributed by atoms with Gasteiger partial charge in [0.15, 0.2) is 0 Å². The fourth-order valence-electron chi connectivity index (χ4n) is 2.39. The van der Waals surface area contributed by atoms with E-state index in [1.54, 1.807) is 12.1 Å². The van der Waals surface area contributed by atoms with Crippen LogP contribution in [-0.4, -0.2) is 13.5 Å². The number of hydrogen-bond acceptors (Lipinski definition) is 4. The van der Waals surface area contributed by atoms with Crippen LogP contribution in [0.5, 0.6) is 17.2 Å². The van der Waals surface area contributed by atoms with Crippen LogP contribution in [0.2, 0.25) is 0 Å². The number of sulfone groups is 1. The number of ether oxygens (including phenoxy) is 1. The molecule has 1 N–H and O–H groups in total. The minimum atomic E-state index is -3.63. The highest BCUT2D eigenvalue weighted by molar-refractivity contribution is 7.91. The van der Waals surface area contributed by atoms with E-state index in [0.29, 0.717) is 5.75 Å². The van der Waals surface area contributed by atoms with Crippen LogP contribution in [0.15, 0.2) is 76.5 Å². The summed E-state index contributed by atoms with van der Waals surface area (Å²) < 4.78 is 31.0. The zero-order valence-electron chi connectivity index (χ0n) is 13.9. The third-order valence-electron chi connectivity index (χ3n) is 3.85. The molecule has 3 aromatic carbocycles. The van der Waals surface area contributed by atoms with Crippen molar-refractivity contribution in [2.75, 3.05) is 0 Å². The molecule has 0 aliphatic rings. The lowest BCUT2D eigenvalue weighted by molar-refractivity contribution is 0.475. The lowest BCUT2D eigenvalue weighted by Crippen LogP contribution is -2.01. The van der Waals surface area contributed by atoms with E-state index in [-0.39, 0.29) is 15.5 Å². The molecular weight excluding hydrogens is 336 g/mol. The highest BCUT2D eigenvalue weighted by Gasteiger charge is 2.17. The van der Waals surface area contributed by atoms with Crippen molar-refractivity contribution < 1.29 is 18.3 Å². The van der Waals surface area contributed by atoms with Crippen molar-refractivity contribution in [3.63, 3.8) is 0 Å². The topological polar surface area (TPSA) is 63.6 Å². The van der Waals surface area contributed by atoms with Crippen molar-refractivity contribution in [1.82, 2.24) is 0 Å². The highest BCUT2D eigenvalue weighted by Crippen LogP contribution is 2.28. The monoisotopic (exact) mass is 354 g/mol. The Bertz CT molecular complexity index is 989. The van der Waals surface area contributed by atoms with Crippen molar-refractivity contribution in [3.8, 4) is 17.2 Å². The van der Waals surface area contributed by atoms with Crippen molar-refractivity contribution in [1.29, 1.82) is 0 Å². The molecule has 0 unspecified atom stereocenters. The highest BCUT2D eigenvalue weighted by atomic mass is 32.2. The molecule has 3 aromatic rings. The van der Waals surface area contributed by atoms with Crippen LogP contribution in [0.4, 0.5) is 0 Å². The third kappa shape index (κ3) is 3.67. The molecule has 4 nitrogen and oxygen atoms in total. The summed E-state index contributed by atoms with van der Waals surface area (Å²) in [5, 5.41) is 9.30. The molecule has 5 heteroatoms. The van der Waals surface area contributed by atoms with E-state index in [1.807, 2.05) is 32.0 Å². The minimum Gasteiger partial charge on any atom is -0.508 e. The molecule has 3 rings (SSSR count). The lowest BCUT2D eigenvalue weighted by Gasteiger charge is -2.10. The summed E-state index contributed by atoms with van der Waals surface area (Å²) in [5.41, 5.74) is 2.10. The van der Waals surface area contributed by atoms with E-state index < -0.39 is 9.84 Å². The molecule has 0 heterocycles. The van der Waals surface area contributed by atoms with E-state index in [1.165, 1.54) is 36.4 Å². The molecule has 0 radical (unpaired) electrons. The second-order valence-corrected chi connectivity index (χ2v) is 7.79. The Morgan fingerprint density at radius 2 is 1.36 bits per heavy atom. The van der Waals surface area contributed by atoms with E-state index >= 15 is 0 Å². The molecule has 0 aromatic heterocycles. The summed E-state index contributed by atoms with van der Waals surface area (Å²) in [6.07, 6.45) is 0. The fraction of sp³-hybridized carbons (Fsp3) is 0.100. The Hall–Kier alpha value is -2.79. The molecule has 0 saturated carbocycles.